The van der Waals surface area contributed by atoms with Crippen LogP contribution in [-0.2, 0) is 4.79 Å². The summed E-state index contributed by atoms with van der Waals surface area (Å²) < 4.78 is 29.1. The summed E-state index contributed by atoms with van der Waals surface area (Å²) in [6, 6.07) is 12.3. The third-order valence-corrected chi connectivity index (χ3v) is 4.62. The van der Waals surface area contributed by atoms with E-state index in [9.17, 15) is 13.6 Å². The number of alkyl halides is 2. The van der Waals surface area contributed by atoms with E-state index < -0.39 is 12.7 Å². The summed E-state index contributed by atoms with van der Waals surface area (Å²) in [6.07, 6.45) is 0. The van der Waals surface area contributed by atoms with E-state index in [0.717, 1.165) is 0 Å². The predicted molar refractivity (Wildman–Crippen MR) is 107 cm³/mol. The Morgan fingerprint density at radius 3 is 2.54 bits per heavy atom. The predicted octanol–water partition coefficient (Wildman–Crippen LogP) is 4.37. The molecule has 9 heteroatoms. The zero-order chi connectivity index (χ0) is 20.3. The van der Waals surface area contributed by atoms with Gasteiger partial charge in [-0.1, -0.05) is 35.9 Å². The Kier molecular flexibility index (Phi) is 6.11. The molecule has 0 spiro atoms. The van der Waals surface area contributed by atoms with Gasteiger partial charge in [0.1, 0.15) is 5.75 Å². The zero-order valence-electron chi connectivity index (χ0n) is 14.6. The molecule has 0 unspecified atom stereocenters. The monoisotopic (exact) mass is 423 g/mol. The summed E-state index contributed by atoms with van der Waals surface area (Å²) >= 11 is 11.3. The molecule has 146 valence electrons. The van der Waals surface area contributed by atoms with Crippen molar-refractivity contribution in [3.8, 4) is 5.75 Å². The first-order chi connectivity index (χ1) is 13.3. The van der Waals surface area contributed by atoms with Crippen LogP contribution in [0.2, 0.25) is 5.02 Å². The lowest BCUT2D eigenvalue weighted by atomic mass is 9.95. The van der Waals surface area contributed by atoms with Crippen LogP contribution in [0.4, 0.5) is 14.5 Å². The number of benzene rings is 2. The van der Waals surface area contributed by atoms with Crippen LogP contribution in [0, 0.1) is 0 Å². The van der Waals surface area contributed by atoms with Crippen LogP contribution in [0.1, 0.15) is 18.5 Å². The highest BCUT2D eigenvalue weighted by Crippen LogP contribution is 2.30. The fourth-order valence-electron chi connectivity index (χ4n) is 2.84. The number of rotatable bonds is 5. The Morgan fingerprint density at radius 1 is 1.21 bits per heavy atom. The second-order valence-electron chi connectivity index (χ2n) is 5.95. The first kappa shape index (κ1) is 20.0. The number of hydrogen-bond acceptors (Lipinski definition) is 3. The maximum Gasteiger partial charge on any atom is 0.387 e. The van der Waals surface area contributed by atoms with Crippen LogP contribution >= 0.6 is 23.8 Å². The third-order valence-electron chi connectivity index (χ3n) is 4.07. The number of carbonyl (C=O) groups is 1. The van der Waals surface area contributed by atoms with Crippen molar-refractivity contribution >= 4 is 40.5 Å². The fourth-order valence-corrected chi connectivity index (χ4v) is 3.29. The molecule has 0 bridgehead atoms. The average Bonchev–Trinajstić information content (AvgIpc) is 2.63. The summed E-state index contributed by atoms with van der Waals surface area (Å²) in [6.45, 7) is -1.18. The lowest BCUT2D eigenvalue weighted by Gasteiger charge is -2.30. The average molecular weight is 424 g/mol. The smallest absolute Gasteiger partial charge is 0.387 e. The Morgan fingerprint density at radius 2 is 1.89 bits per heavy atom. The molecule has 0 saturated heterocycles. The van der Waals surface area contributed by atoms with E-state index in [2.05, 4.69) is 20.7 Å². The Bertz CT molecular complexity index is 935. The number of carbonyl (C=O) groups excluding carboxylic acids is 1. The Hall–Kier alpha value is -2.71. The van der Waals surface area contributed by atoms with Crippen LogP contribution in [0.25, 0.3) is 0 Å². The zero-order valence-corrected chi connectivity index (χ0v) is 16.2. The largest absolute Gasteiger partial charge is 0.435 e. The van der Waals surface area contributed by atoms with Gasteiger partial charge in [0.05, 0.1) is 22.3 Å². The number of anilines is 1. The number of nitrogens with one attached hydrogen (secondary N) is 3. The first-order valence-corrected chi connectivity index (χ1v) is 9.02. The Balaban J connectivity index is 1.90. The van der Waals surface area contributed by atoms with Crippen LogP contribution in [0.5, 0.6) is 5.75 Å². The molecule has 2 aromatic rings. The SMILES string of the molecule is CC1=C(C(=O)Nc2ccccc2Cl)[C@@H](c2ccc(OC(F)F)cc2)NC(=S)N1. The van der Waals surface area contributed by atoms with E-state index >= 15 is 0 Å². The summed E-state index contributed by atoms with van der Waals surface area (Å²) in [7, 11) is 0. The van der Waals surface area contributed by atoms with Crippen molar-refractivity contribution in [2.75, 3.05) is 5.32 Å². The van der Waals surface area contributed by atoms with Crippen molar-refractivity contribution < 1.29 is 18.3 Å². The molecule has 28 heavy (non-hydrogen) atoms. The number of halogens is 3. The third kappa shape index (κ3) is 4.58. The summed E-state index contributed by atoms with van der Waals surface area (Å²) in [5.74, 6) is -0.343. The second-order valence-corrected chi connectivity index (χ2v) is 6.77. The summed E-state index contributed by atoms with van der Waals surface area (Å²) in [4.78, 5) is 13.0. The molecule has 3 rings (SSSR count). The van der Waals surface area contributed by atoms with Gasteiger partial charge >= 0.3 is 6.61 Å². The van der Waals surface area contributed by atoms with Gasteiger partial charge in [0.15, 0.2) is 5.11 Å². The van der Waals surface area contributed by atoms with E-state index in [-0.39, 0.29) is 11.7 Å². The number of thiocarbonyl (C=S) groups is 1. The highest BCUT2D eigenvalue weighted by Gasteiger charge is 2.30. The van der Waals surface area contributed by atoms with Crippen LogP contribution in [0.3, 0.4) is 0 Å². The minimum Gasteiger partial charge on any atom is -0.435 e. The molecule has 0 aliphatic carbocycles. The van der Waals surface area contributed by atoms with E-state index in [4.69, 9.17) is 23.8 Å². The molecule has 0 fully saturated rings. The highest BCUT2D eigenvalue weighted by atomic mass is 35.5. The van der Waals surface area contributed by atoms with Gasteiger partial charge in [-0.25, -0.2) is 0 Å². The van der Waals surface area contributed by atoms with E-state index in [1.165, 1.54) is 12.1 Å². The number of amides is 1. The second kappa shape index (κ2) is 8.53. The molecule has 1 aliphatic heterocycles. The van der Waals surface area contributed by atoms with Gasteiger partial charge in [-0.2, -0.15) is 8.78 Å². The minimum absolute atomic E-state index is 0.0260. The molecule has 1 aliphatic rings. The van der Waals surface area contributed by atoms with Crippen molar-refractivity contribution in [3.05, 3.63) is 70.4 Å². The molecular weight excluding hydrogens is 408 g/mol. The highest BCUT2D eigenvalue weighted by molar-refractivity contribution is 7.80. The molecule has 1 amide bonds. The maximum atomic E-state index is 13.0. The van der Waals surface area contributed by atoms with Crippen LogP contribution in [0.15, 0.2) is 59.8 Å². The van der Waals surface area contributed by atoms with Crippen molar-refractivity contribution in [1.82, 2.24) is 10.6 Å². The number of allylic oxidation sites excluding steroid dienone is 1. The molecule has 0 radical (unpaired) electrons. The minimum atomic E-state index is -2.91. The van der Waals surface area contributed by atoms with Crippen molar-refractivity contribution in [2.45, 2.75) is 19.6 Å². The van der Waals surface area contributed by atoms with Gasteiger partial charge < -0.3 is 20.7 Å². The van der Waals surface area contributed by atoms with Gasteiger partial charge in [0.25, 0.3) is 5.91 Å². The molecule has 0 saturated carbocycles. The molecule has 5 nitrogen and oxygen atoms in total. The lowest BCUT2D eigenvalue weighted by Crippen LogP contribution is -2.45. The summed E-state index contributed by atoms with van der Waals surface area (Å²) in [5.41, 5.74) is 2.11. The molecule has 3 N–H and O–H groups in total. The molecule has 1 heterocycles. The van der Waals surface area contributed by atoms with Crippen molar-refractivity contribution in [2.24, 2.45) is 0 Å². The molecule has 2 aromatic carbocycles. The van der Waals surface area contributed by atoms with E-state index in [1.807, 2.05) is 0 Å². The van der Waals surface area contributed by atoms with Gasteiger partial charge in [-0.15, -0.1) is 0 Å². The van der Waals surface area contributed by atoms with Gasteiger partial charge in [0, 0.05) is 5.70 Å². The first-order valence-electron chi connectivity index (χ1n) is 8.24. The fraction of sp³-hybridized carbons (Fsp3) is 0.158. The number of ether oxygens (including phenoxy) is 1. The van der Waals surface area contributed by atoms with Crippen molar-refractivity contribution in [3.63, 3.8) is 0 Å². The van der Waals surface area contributed by atoms with Crippen LogP contribution in [-0.4, -0.2) is 17.6 Å². The standard InChI is InChI=1S/C19H16ClF2N3O2S/c1-10-15(17(26)24-14-5-3-2-4-13(14)20)16(25-19(28)23-10)11-6-8-12(9-7-11)27-18(21)22/h2-9,16,18H,1H3,(H,24,26)(H2,23,25,28)/t16-/m1/s1. The molecule has 0 aromatic heterocycles. The Labute approximate surface area is 170 Å². The number of para-hydroxylation sites is 1. The topological polar surface area (TPSA) is 62.4 Å². The molecular formula is C19H16ClF2N3O2S. The van der Waals surface area contributed by atoms with E-state index in [1.54, 1.807) is 43.3 Å². The normalized spacial score (nSPS) is 16.5. The van der Waals surface area contributed by atoms with Crippen LogP contribution < -0.4 is 20.7 Å². The maximum absolute atomic E-state index is 13.0. The molecule has 1 atom stereocenters. The quantitative estimate of drug-likeness (QED) is 0.623. The van der Waals surface area contributed by atoms with E-state index in [0.29, 0.717) is 32.7 Å². The summed E-state index contributed by atoms with van der Waals surface area (Å²) in [5, 5.41) is 9.51. The number of hydrogen-bond donors (Lipinski definition) is 3. The van der Waals surface area contributed by atoms with Gasteiger partial charge in [-0.05, 0) is 49.0 Å². The van der Waals surface area contributed by atoms with Gasteiger partial charge in [0.2, 0.25) is 0 Å². The van der Waals surface area contributed by atoms with Gasteiger partial charge in [-0.3, -0.25) is 4.79 Å². The lowest BCUT2D eigenvalue weighted by molar-refractivity contribution is -0.113. The van der Waals surface area contributed by atoms with Crippen molar-refractivity contribution in [1.29, 1.82) is 0 Å².